The molecule has 3 rings (SSSR count). The Morgan fingerprint density at radius 2 is 1.84 bits per heavy atom. The van der Waals surface area contributed by atoms with E-state index in [4.69, 9.17) is 25.1 Å². The number of ether oxygens (including phenoxy) is 3. The Labute approximate surface area is 181 Å². The summed E-state index contributed by atoms with van der Waals surface area (Å²) in [6, 6.07) is 1.29. The highest BCUT2D eigenvalue weighted by Gasteiger charge is 2.31. The summed E-state index contributed by atoms with van der Waals surface area (Å²) in [4.78, 5) is 21.8. The molecule has 1 aromatic carbocycles. The molecule has 9 heteroatoms. The van der Waals surface area contributed by atoms with Gasteiger partial charge in [0.05, 0.1) is 26.5 Å². The van der Waals surface area contributed by atoms with Gasteiger partial charge in [0, 0.05) is 12.0 Å². The Kier molecular flexibility index (Phi) is 7.38. The fourth-order valence-electron chi connectivity index (χ4n) is 4.24. The zero-order chi connectivity index (χ0) is 22.4. The van der Waals surface area contributed by atoms with E-state index in [9.17, 15) is 9.59 Å². The summed E-state index contributed by atoms with van der Waals surface area (Å²) in [5.74, 6) is 0.908. The molecule has 0 bridgehead atoms. The summed E-state index contributed by atoms with van der Waals surface area (Å²) < 4.78 is 17.4. The number of allylic oxidation sites excluding steroid dienone is 2. The molecule has 0 fully saturated rings. The minimum absolute atomic E-state index is 0.117. The summed E-state index contributed by atoms with van der Waals surface area (Å²) in [6.45, 7) is 0.384. The highest BCUT2D eigenvalue weighted by Crippen LogP contribution is 2.50. The Bertz CT molecular complexity index is 922. The van der Waals surface area contributed by atoms with E-state index in [-0.39, 0.29) is 6.42 Å². The maximum atomic E-state index is 11.2. The predicted molar refractivity (Wildman–Crippen MR) is 116 cm³/mol. The molecule has 168 valence electrons. The van der Waals surface area contributed by atoms with Gasteiger partial charge in [-0.2, -0.15) is 5.10 Å². The molecule has 1 aromatic rings. The van der Waals surface area contributed by atoms with Crippen LogP contribution in [0.2, 0.25) is 0 Å². The van der Waals surface area contributed by atoms with E-state index in [1.165, 1.54) is 0 Å². The number of aliphatic carboxylic acids is 1. The van der Waals surface area contributed by atoms with Gasteiger partial charge in [-0.3, -0.25) is 4.79 Å². The Balaban J connectivity index is 1.95. The van der Waals surface area contributed by atoms with Crippen LogP contribution in [0.15, 0.2) is 16.7 Å². The molecule has 0 aromatic heterocycles. The van der Waals surface area contributed by atoms with E-state index in [2.05, 4.69) is 10.5 Å². The number of carboxylic acid groups (broad SMARTS) is 1. The Morgan fingerprint density at radius 1 is 1.10 bits per heavy atom. The average Bonchev–Trinajstić information content (AvgIpc) is 3.16. The van der Waals surface area contributed by atoms with Gasteiger partial charge in [0.1, 0.15) is 0 Å². The van der Waals surface area contributed by atoms with Crippen LogP contribution in [0.5, 0.6) is 17.2 Å². The lowest BCUT2D eigenvalue weighted by atomic mass is 9.95. The lowest BCUT2D eigenvalue weighted by Crippen LogP contribution is -2.26. The van der Waals surface area contributed by atoms with E-state index in [0.717, 1.165) is 47.2 Å². The molecule has 2 aliphatic carbocycles. The largest absolute Gasteiger partial charge is 0.492 e. The van der Waals surface area contributed by atoms with Gasteiger partial charge in [-0.25, -0.2) is 10.2 Å². The Hall–Kier alpha value is -3.23. The first-order valence-electron chi connectivity index (χ1n) is 10.4. The van der Waals surface area contributed by atoms with Crippen molar-refractivity contribution >= 4 is 23.3 Å². The zero-order valence-corrected chi connectivity index (χ0v) is 18.0. The van der Waals surface area contributed by atoms with Crippen molar-refractivity contribution in [1.29, 1.82) is 0 Å². The number of methoxy groups -OCH3 is 2. The van der Waals surface area contributed by atoms with Crippen molar-refractivity contribution in [2.24, 2.45) is 10.8 Å². The third-order valence-corrected chi connectivity index (χ3v) is 5.53. The van der Waals surface area contributed by atoms with Crippen LogP contribution in [0.4, 0.5) is 4.79 Å². The molecular formula is C22H29N3O6. The number of amides is 2. The number of carboxylic acids is 1. The number of primary amides is 1. The van der Waals surface area contributed by atoms with Crippen LogP contribution < -0.4 is 25.4 Å². The number of hydrogen-bond donors (Lipinski definition) is 3. The van der Waals surface area contributed by atoms with Crippen molar-refractivity contribution < 1.29 is 28.9 Å². The van der Waals surface area contributed by atoms with Gasteiger partial charge in [0.2, 0.25) is 5.75 Å². The molecule has 31 heavy (non-hydrogen) atoms. The number of aryl methyl sites for hydroxylation is 1. The maximum Gasteiger partial charge on any atom is 0.332 e. The van der Waals surface area contributed by atoms with E-state index < -0.39 is 12.0 Å². The molecule has 0 heterocycles. The number of carbonyl (C=O) groups excluding carboxylic acids is 1. The SMILES string of the molecule is COc1c(OCCCCC(=O)O)cc2c(c1OC)C1=C(CCC1)C(=NNC(N)=O)CC2. The smallest absolute Gasteiger partial charge is 0.332 e. The number of urea groups is 1. The minimum Gasteiger partial charge on any atom is -0.492 e. The van der Waals surface area contributed by atoms with Crippen molar-refractivity contribution in [2.75, 3.05) is 20.8 Å². The highest BCUT2D eigenvalue weighted by molar-refractivity contribution is 6.09. The number of unbranched alkanes of at least 4 members (excludes halogenated alkanes) is 1. The molecule has 0 radical (unpaired) electrons. The van der Waals surface area contributed by atoms with Crippen molar-refractivity contribution in [1.82, 2.24) is 5.43 Å². The van der Waals surface area contributed by atoms with Gasteiger partial charge < -0.3 is 25.1 Å². The third-order valence-electron chi connectivity index (χ3n) is 5.53. The summed E-state index contributed by atoms with van der Waals surface area (Å²) in [6.07, 6.45) is 5.38. The third kappa shape index (κ3) is 5.10. The van der Waals surface area contributed by atoms with Gasteiger partial charge >= 0.3 is 12.0 Å². The number of nitrogens with zero attached hydrogens (tertiary/aromatic N) is 1. The monoisotopic (exact) mass is 431 g/mol. The van der Waals surface area contributed by atoms with Gasteiger partial charge in [0.25, 0.3) is 0 Å². The topological polar surface area (TPSA) is 132 Å². The van der Waals surface area contributed by atoms with Gasteiger partial charge in [0.15, 0.2) is 11.5 Å². The van der Waals surface area contributed by atoms with Crippen LogP contribution in [0.1, 0.15) is 56.1 Å². The normalized spacial score (nSPS) is 16.4. The van der Waals surface area contributed by atoms with Gasteiger partial charge in [-0.1, -0.05) is 0 Å². The lowest BCUT2D eigenvalue weighted by Gasteiger charge is -2.20. The molecule has 0 aliphatic heterocycles. The molecular weight excluding hydrogens is 402 g/mol. The summed E-state index contributed by atoms with van der Waals surface area (Å²) in [7, 11) is 3.18. The quantitative estimate of drug-likeness (QED) is 0.406. The average molecular weight is 431 g/mol. The molecule has 0 saturated heterocycles. The van der Waals surface area contributed by atoms with Crippen molar-refractivity contribution in [2.45, 2.75) is 51.4 Å². The first-order valence-corrected chi connectivity index (χ1v) is 10.4. The minimum atomic E-state index is -0.812. The van der Waals surface area contributed by atoms with Crippen LogP contribution in [-0.2, 0) is 11.2 Å². The second kappa shape index (κ2) is 10.2. The molecule has 4 N–H and O–H groups in total. The highest BCUT2D eigenvalue weighted by atomic mass is 16.5. The first kappa shape index (κ1) is 22.5. The van der Waals surface area contributed by atoms with Crippen LogP contribution in [0.3, 0.4) is 0 Å². The van der Waals surface area contributed by atoms with E-state index in [0.29, 0.717) is 49.5 Å². The number of nitrogens with two attached hydrogens (primary N) is 1. The second-order valence-electron chi connectivity index (χ2n) is 7.52. The first-order chi connectivity index (χ1) is 15.0. The summed E-state index contributed by atoms with van der Waals surface area (Å²) >= 11 is 0. The molecule has 0 spiro atoms. The number of fused-ring (bicyclic) bond motifs is 2. The fourth-order valence-corrected chi connectivity index (χ4v) is 4.24. The van der Waals surface area contributed by atoms with E-state index in [1.807, 2.05) is 6.07 Å². The van der Waals surface area contributed by atoms with Crippen LogP contribution >= 0.6 is 0 Å². The number of hydrogen-bond acceptors (Lipinski definition) is 6. The van der Waals surface area contributed by atoms with E-state index >= 15 is 0 Å². The van der Waals surface area contributed by atoms with Crippen LogP contribution in [-0.4, -0.2) is 43.6 Å². The fraction of sp³-hybridized carbons (Fsp3) is 0.500. The number of carbonyl (C=O) groups is 2. The second-order valence-corrected chi connectivity index (χ2v) is 7.52. The molecule has 2 amide bonds. The molecule has 0 atom stereocenters. The van der Waals surface area contributed by atoms with Crippen LogP contribution in [0, 0.1) is 0 Å². The zero-order valence-electron chi connectivity index (χ0n) is 18.0. The number of nitrogens with one attached hydrogen (secondary N) is 1. The molecule has 9 nitrogen and oxygen atoms in total. The summed E-state index contributed by atoms with van der Waals surface area (Å²) in [5, 5.41) is 13.0. The number of benzene rings is 1. The summed E-state index contributed by atoms with van der Waals surface area (Å²) in [5.41, 5.74) is 12.7. The Morgan fingerprint density at radius 3 is 2.52 bits per heavy atom. The van der Waals surface area contributed by atoms with Crippen molar-refractivity contribution in [3.8, 4) is 17.2 Å². The number of hydrazone groups is 1. The molecule has 0 unspecified atom stereocenters. The van der Waals surface area contributed by atoms with E-state index in [1.54, 1.807) is 14.2 Å². The van der Waals surface area contributed by atoms with Crippen LogP contribution in [0.25, 0.3) is 5.57 Å². The molecule has 0 saturated carbocycles. The van der Waals surface area contributed by atoms with Crippen molar-refractivity contribution in [3.05, 3.63) is 22.8 Å². The predicted octanol–water partition coefficient (Wildman–Crippen LogP) is 3.25. The standard InChI is InChI=1S/C22H29N3O6/c1-29-20-17(31-11-4-3-8-18(26)27)12-13-9-10-16(24-25-22(23)28)14-6-5-7-15(14)19(13)21(20)30-2/h12H,3-11H2,1-2H3,(H,26,27)(H3,23,25,28). The van der Waals surface area contributed by atoms with Gasteiger partial charge in [-0.15, -0.1) is 0 Å². The van der Waals surface area contributed by atoms with Crippen molar-refractivity contribution in [3.63, 3.8) is 0 Å². The van der Waals surface area contributed by atoms with Gasteiger partial charge in [-0.05, 0) is 67.7 Å². The lowest BCUT2D eigenvalue weighted by molar-refractivity contribution is -0.137. The maximum absolute atomic E-state index is 11.2. The molecule has 2 aliphatic rings. The number of rotatable bonds is 9.